The van der Waals surface area contributed by atoms with E-state index in [0.717, 1.165) is 4.31 Å². The predicted octanol–water partition coefficient (Wildman–Crippen LogP) is 2.66. The van der Waals surface area contributed by atoms with Crippen molar-refractivity contribution >= 4 is 15.9 Å². The molecule has 0 aliphatic rings. The summed E-state index contributed by atoms with van der Waals surface area (Å²) >= 11 is 0. The van der Waals surface area contributed by atoms with Gasteiger partial charge in [0.2, 0.25) is 10.0 Å². The maximum atomic E-state index is 12.5. The summed E-state index contributed by atoms with van der Waals surface area (Å²) in [6, 6.07) is 11.5. The van der Waals surface area contributed by atoms with Crippen molar-refractivity contribution in [3.05, 3.63) is 53.6 Å². The molecule has 1 N–H and O–H groups in total. The van der Waals surface area contributed by atoms with Gasteiger partial charge in [0.05, 0.1) is 18.1 Å². The highest BCUT2D eigenvalue weighted by Crippen LogP contribution is 2.29. The van der Waals surface area contributed by atoms with Crippen molar-refractivity contribution in [2.75, 3.05) is 21.2 Å². The number of rotatable bonds is 8. The fourth-order valence-electron chi connectivity index (χ4n) is 2.54. The molecule has 0 fully saturated rings. The molecule has 0 spiro atoms. The summed E-state index contributed by atoms with van der Waals surface area (Å²) in [7, 11) is 0.844. The molecule has 1 amide bonds. The van der Waals surface area contributed by atoms with Crippen molar-refractivity contribution < 1.29 is 22.7 Å². The molecular formula is C20H26N2O5S. The molecule has 0 saturated heterocycles. The van der Waals surface area contributed by atoms with Gasteiger partial charge in [-0.15, -0.1) is 0 Å². The Bertz CT molecular complexity index is 939. The van der Waals surface area contributed by atoms with Crippen LogP contribution in [0.15, 0.2) is 47.4 Å². The van der Waals surface area contributed by atoms with E-state index < -0.39 is 10.0 Å². The fourth-order valence-corrected chi connectivity index (χ4v) is 3.65. The average Bonchev–Trinajstić information content (AvgIpc) is 2.66. The zero-order valence-corrected chi connectivity index (χ0v) is 17.5. The Labute approximate surface area is 166 Å². The van der Waals surface area contributed by atoms with Gasteiger partial charge < -0.3 is 14.8 Å². The van der Waals surface area contributed by atoms with Gasteiger partial charge >= 0.3 is 0 Å². The summed E-state index contributed by atoms with van der Waals surface area (Å²) in [5.41, 5.74) is 0.900. The van der Waals surface area contributed by atoms with Crippen molar-refractivity contribution in [2.24, 2.45) is 0 Å². The van der Waals surface area contributed by atoms with Gasteiger partial charge in [0.1, 0.15) is 0 Å². The second kappa shape index (κ2) is 9.07. The van der Waals surface area contributed by atoms with Gasteiger partial charge in [-0.3, -0.25) is 4.79 Å². The normalized spacial score (nSPS) is 11.5. The summed E-state index contributed by atoms with van der Waals surface area (Å²) in [4.78, 5) is 12.7. The van der Waals surface area contributed by atoms with E-state index in [1.165, 1.54) is 27.3 Å². The van der Waals surface area contributed by atoms with Crippen molar-refractivity contribution in [1.29, 1.82) is 0 Å². The minimum atomic E-state index is -3.60. The molecule has 0 unspecified atom stereocenters. The highest BCUT2D eigenvalue weighted by molar-refractivity contribution is 7.89. The van der Waals surface area contributed by atoms with E-state index in [4.69, 9.17) is 9.47 Å². The third-order valence-corrected chi connectivity index (χ3v) is 5.87. The number of amides is 1. The number of methoxy groups -OCH3 is 1. The van der Waals surface area contributed by atoms with Crippen molar-refractivity contribution in [1.82, 2.24) is 9.62 Å². The van der Waals surface area contributed by atoms with Gasteiger partial charge in [0, 0.05) is 26.2 Å². The van der Waals surface area contributed by atoms with Crippen LogP contribution in [-0.4, -0.2) is 45.9 Å². The second-order valence-corrected chi connectivity index (χ2v) is 8.73. The molecule has 7 nitrogen and oxygen atoms in total. The van der Waals surface area contributed by atoms with Crippen LogP contribution in [0, 0.1) is 0 Å². The molecule has 8 heteroatoms. The van der Waals surface area contributed by atoms with Crippen LogP contribution < -0.4 is 14.8 Å². The first-order chi connectivity index (χ1) is 13.2. The van der Waals surface area contributed by atoms with Crippen LogP contribution in [0.4, 0.5) is 0 Å². The maximum Gasteiger partial charge on any atom is 0.251 e. The summed E-state index contributed by atoms with van der Waals surface area (Å²) < 4.78 is 37.0. The van der Waals surface area contributed by atoms with Gasteiger partial charge in [0.15, 0.2) is 11.5 Å². The third kappa shape index (κ3) is 5.02. The summed E-state index contributed by atoms with van der Waals surface area (Å²) in [5, 5.41) is 2.76. The summed E-state index contributed by atoms with van der Waals surface area (Å²) in [6.45, 7) is 3.88. The monoisotopic (exact) mass is 406 g/mol. The molecule has 0 aliphatic heterocycles. The number of nitrogens with one attached hydrogen (secondary N) is 1. The van der Waals surface area contributed by atoms with Crippen LogP contribution in [-0.2, 0) is 16.6 Å². The smallest absolute Gasteiger partial charge is 0.251 e. The van der Waals surface area contributed by atoms with Crippen LogP contribution in [0.5, 0.6) is 11.5 Å². The molecule has 28 heavy (non-hydrogen) atoms. The van der Waals surface area contributed by atoms with E-state index in [1.54, 1.807) is 36.4 Å². The van der Waals surface area contributed by atoms with Gasteiger partial charge in [-0.05, 0) is 43.7 Å². The lowest BCUT2D eigenvalue weighted by atomic mass is 10.1. The number of ether oxygens (including phenoxy) is 2. The van der Waals surface area contributed by atoms with Gasteiger partial charge in [-0.25, -0.2) is 12.7 Å². The van der Waals surface area contributed by atoms with E-state index in [0.29, 0.717) is 22.6 Å². The second-order valence-electron chi connectivity index (χ2n) is 6.61. The Morgan fingerprint density at radius 2 is 1.79 bits per heavy atom. The number of benzene rings is 2. The van der Waals surface area contributed by atoms with Gasteiger partial charge in [0.25, 0.3) is 5.91 Å². The number of sulfonamides is 1. The molecule has 0 radical (unpaired) electrons. The predicted molar refractivity (Wildman–Crippen MR) is 107 cm³/mol. The number of hydrogen-bond acceptors (Lipinski definition) is 5. The molecule has 0 atom stereocenters. The quantitative estimate of drug-likeness (QED) is 0.729. The molecule has 2 aromatic carbocycles. The molecule has 2 rings (SSSR count). The molecule has 0 bridgehead atoms. The van der Waals surface area contributed by atoms with Crippen LogP contribution in [0.1, 0.15) is 29.8 Å². The minimum Gasteiger partial charge on any atom is -0.493 e. The largest absolute Gasteiger partial charge is 0.493 e. The lowest BCUT2D eigenvalue weighted by Crippen LogP contribution is -2.27. The van der Waals surface area contributed by atoms with Gasteiger partial charge in [-0.1, -0.05) is 18.2 Å². The molecular weight excluding hydrogens is 380 g/mol. The highest BCUT2D eigenvalue weighted by Gasteiger charge is 2.21. The first-order valence-electron chi connectivity index (χ1n) is 8.80. The molecule has 0 aliphatic carbocycles. The average molecular weight is 407 g/mol. The van der Waals surface area contributed by atoms with Crippen molar-refractivity contribution in [2.45, 2.75) is 31.4 Å². The lowest BCUT2D eigenvalue weighted by Gasteiger charge is -2.16. The molecule has 0 saturated carbocycles. The van der Waals surface area contributed by atoms with Crippen molar-refractivity contribution in [3.63, 3.8) is 0 Å². The number of carbonyl (C=O) groups excluding carboxylic acids is 1. The van der Waals surface area contributed by atoms with Crippen molar-refractivity contribution in [3.8, 4) is 11.5 Å². The van der Waals surface area contributed by atoms with Crippen LogP contribution in [0.3, 0.4) is 0 Å². The lowest BCUT2D eigenvalue weighted by molar-refractivity contribution is 0.0950. The molecule has 0 aromatic heterocycles. The van der Waals surface area contributed by atoms with E-state index in [1.807, 2.05) is 13.8 Å². The Morgan fingerprint density at radius 3 is 2.39 bits per heavy atom. The number of nitrogens with zero attached hydrogens (tertiary/aromatic N) is 1. The molecule has 0 heterocycles. The Morgan fingerprint density at radius 1 is 1.11 bits per heavy atom. The SMILES string of the molecule is COc1cc(C(=O)NCc2ccccc2S(=O)(=O)N(C)C)ccc1OC(C)C. The van der Waals surface area contributed by atoms with Crippen LogP contribution >= 0.6 is 0 Å². The fraction of sp³-hybridized carbons (Fsp3) is 0.350. The Kier molecular flexibility index (Phi) is 7.04. The van der Waals surface area contributed by atoms with E-state index in [9.17, 15) is 13.2 Å². The summed E-state index contributed by atoms with van der Waals surface area (Å²) in [5.74, 6) is 0.667. The first-order valence-corrected chi connectivity index (χ1v) is 10.2. The minimum absolute atomic E-state index is 0.0243. The molecule has 2 aromatic rings. The maximum absolute atomic E-state index is 12.5. The number of hydrogen-bond donors (Lipinski definition) is 1. The standard InChI is InChI=1S/C20H26N2O5S/c1-14(2)27-17-11-10-15(12-18(17)26-5)20(23)21-13-16-8-6-7-9-19(16)28(24,25)22(3)4/h6-12,14H,13H2,1-5H3,(H,21,23). The Hall–Kier alpha value is -2.58. The van der Waals surface area contributed by atoms with E-state index in [2.05, 4.69) is 5.32 Å². The van der Waals surface area contributed by atoms with E-state index in [-0.39, 0.29) is 23.5 Å². The zero-order valence-electron chi connectivity index (χ0n) is 16.7. The topological polar surface area (TPSA) is 84.9 Å². The Balaban J connectivity index is 2.20. The third-order valence-electron chi connectivity index (χ3n) is 3.96. The van der Waals surface area contributed by atoms with E-state index >= 15 is 0 Å². The van der Waals surface area contributed by atoms with Gasteiger partial charge in [-0.2, -0.15) is 0 Å². The van der Waals surface area contributed by atoms with Crippen LogP contribution in [0.2, 0.25) is 0 Å². The molecule has 152 valence electrons. The van der Waals surface area contributed by atoms with Crippen LogP contribution in [0.25, 0.3) is 0 Å². The summed E-state index contributed by atoms with van der Waals surface area (Å²) in [6.07, 6.45) is -0.0243. The first kappa shape index (κ1) is 21.7. The zero-order chi connectivity index (χ0) is 20.9. The number of carbonyl (C=O) groups is 1. The highest BCUT2D eigenvalue weighted by atomic mass is 32.2.